The predicted octanol–water partition coefficient (Wildman–Crippen LogP) is 3.51. The largest absolute Gasteiger partial charge is 0.423 e. The molecule has 1 fully saturated rings. The Balaban J connectivity index is 1.54. The molecule has 1 saturated heterocycles. The highest BCUT2D eigenvalue weighted by Gasteiger charge is 2.32. The molecule has 0 saturated carbocycles. The molecule has 0 spiro atoms. The van der Waals surface area contributed by atoms with Gasteiger partial charge in [0, 0.05) is 24.0 Å². The Labute approximate surface area is 164 Å². The number of rotatable bonds is 5. The van der Waals surface area contributed by atoms with E-state index in [0.29, 0.717) is 5.58 Å². The summed E-state index contributed by atoms with van der Waals surface area (Å²) in [6.07, 6.45) is 2.48. The van der Waals surface area contributed by atoms with Gasteiger partial charge in [-0.2, -0.15) is 0 Å². The molecule has 5 nitrogen and oxygen atoms in total. The van der Waals surface area contributed by atoms with Gasteiger partial charge in [0.1, 0.15) is 11.6 Å². The Morgan fingerprint density at radius 2 is 1.93 bits per heavy atom. The summed E-state index contributed by atoms with van der Waals surface area (Å²) in [5.41, 5.74) is 2.14. The van der Waals surface area contributed by atoms with E-state index >= 15 is 0 Å². The topological polar surface area (TPSA) is 62.6 Å². The number of hydrogen-bond acceptors (Lipinski definition) is 4. The van der Waals surface area contributed by atoms with Crippen molar-refractivity contribution >= 4 is 22.6 Å². The van der Waals surface area contributed by atoms with Gasteiger partial charge in [0.15, 0.2) is 0 Å². The summed E-state index contributed by atoms with van der Waals surface area (Å²) in [5.74, 6) is 0.0123. The van der Waals surface area contributed by atoms with Crippen LogP contribution in [0.15, 0.2) is 69.9 Å². The summed E-state index contributed by atoms with van der Waals surface area (Å²) in [6.45, 7) is 2.77. The summed E-state index contributed by atoms with van der Waals surface area (Å²) in [4.78, 5) is 27.1. The number of para-hydroxylation sites is 1. The number of nitrogens with one attached hydrogen (secondary N) is 1. The maximum atomic E-state index is 13.0. The first kappa shape index (κ1) is 18.3. The SMILES string of the molecule is CC(Cc1ccccc1)NC(=O)[C@@H]1CCCN1c1cc(=O)oc2ccccc12. The molecular formula is C23H24N2O3. The van der Waals surface area contributed by atoms with Crippen molar-refractivity contribution in [3.05, 3.63) is 76.6 Å². The van der Waals surface area contributed by atoms with Gasteiger partial charge in [-0.15, -0.1) is 0 Å². The number of fused-ring (bicyclic) bond motifs is 1. The Bertz CT molecular complexity index is 1030. The minimum Gasteiger partial charge on any atom is -0.423 e. The van der Waals surface area contributed by atoms with Crippen molar-refractivity contribution in [3.63, 3.8) is 0 Å². The molecule has 0 radical (unpaired) electrons. The Morgan fingerprint density at radius 1 is 1.18 bits per heavy atom. The maximum Gasteiger partial charge on any atom is 0.338 e. The van der Waals surface area contributed by atoms with Crippen molar-refractivity contribution < 1.29 is 9.21 Å². The van der Waals surface area contributed by atoms with Crippen molar-refractivity contribution in [2.24, 2.45) is 0 Å². The zero-order chi connectivity index (χ0) is 19.5. The normalized spacial score (nSPS) is 17.6. The highest BCUT2D eigenvalue weighted by molar-refractivity contribution is 5.94. The molecule has 1 aliphatic rings. The van der Waals surface area contributed by atoms with E-state index in [-0.39, 0.29) is 18.0 Å². The molecule has 2 heterocycles. The van der Waals surface area contributed by atoms with Gasteiger partial charge in [0.25, 0.3) is 0 Å². The zero-order valence-electron chi connectivity index (χ0n) is 15.9. The van der Waals surface area contributed by atoms with E-state index in [1.54, 1.807) is 6.07 Å². The van der Waals surface area contributed by atoms with E-state index in [4.69, 9.17) is 4.42 Å². The molecule has 0 aliphatic carbocycles. The highest BCUT2D eigenvalue weighted by atomic mass is 16.4. The van der Waals surface area contributed by atoms with Crippen LogP contribution in [0.2, 0.25) is 0 Å². The van der Waals surface area contributed by atoms with Gasteiger partial charge in [0.05, 0.1) is 5.69 Å². The first-order valence-corrected chi connectivity index (χ1v) is 9.75. The number of benzene rings is 2. The first-order chi connectivity index (χ1) is 13.6. The standard InChI is InChI=1S/C23H24N2O3/c1-16(14-17-8-3-2-4-9-17)24-23(27)19-11-7-13-25(19)20-15-22(26)28-21-12-6-5-10-18(20)21/h2-6,8-10,12,15-16,19H,7,11,13-14H2,1H3,(H,24,27)/t16?,19-/m0/s1. The number of nitrogens with zero attached hydrogens (tertiary/aromatic N) is 1. The van der Waals surface area contributed by atoms with Gasteiger partial charge in [-0.25, -0.2) is 4.79 Å². The Morgan fingerprint density at radius 3 is 2.75 bits per heavy atom. The minimum atomic E-state index is -0.391. The lowest BCUT2D eigenvalue weighted by Crippen LogP contribution is -2.47. The predicted molar refractivity (Wildman–Crippen MR) is 111 cm³/mol. The number of carbonyl (C=O) groups is 1. The fourth-order valence-electron chi connectivity index (χ4n) is 4.02. The van der Waals surface area contributed by atoms with Crippen LogP contribution in [-0.4, -0.2) is 24.5 Å². The quantitative estimate of drug-likeness (QED) is 0.692. The molecule has 2 atom stereocenters. The second-order valence-electron chi connectivity index (χ2n) is 7.40. The molecule has 1 amide bonds. The van der Waals surface area contributed by atoms with Gasteiger partial charge < -0.3 is 14.6 Å². The second-order valence-corrected chi connectivity index (χ2v) is 7.40. The smallest absolute Gasteiger partial charge is 0.338 e. The zero-order valence-corrected chi connectivity index (χ0v) is 15.9. The number of anilines is 1. The van der Waals surface area contributed by atoms with Crippen molar-refractivity contribution in [3.8, 4) is 0 Å². The van der Waals surface area contributed by atoms with Crippen molar-refractivity contribution in [2.75, 3.05) is 11.4 Å². The maximum absolute atomic E-state index is 13.0. The first-order valence-electron chi connectivity index (χ1n) is 9.75. The third-order valence-corrected chi connectivity index (χ3v) is 5.27. The van der Waals surface area contributed by atoms with Crippen LogP contribution < -0.4 is 15.8 Å². The molecule has 144 valence electrons. The molecular weight excluding hydrogens is 352 g/mol. The third-order valence-electron chi connectivity index (χ3n) is 5.27. The molecule has 1 aromatic heterocycles. The van der Waals surface area contributed by atoms with Crippen LogP contribution in [0.25, 0.3) is 11.0 Å². The van der Waals surface area contributed by atoms with E-state index < -0.39 is 5.63 Å². The molecule has 1 unspecified atom stereocenters. The van der Waals surface area contributed by atoms with Gasteiger partial charge in [-0.05, 0) is 43.9 Å². The Kier molecular flexibility index (Phi) is 5.15. The average molecular weight is 376 g/mol. The van der Waals surface area contributed by atoms with Gasteiger partial charge >= 0.3 is 5.63 Å². The lowest BCUT2D eigenvalue weighted by atomic mass is 10.1. The fraction of sp³-hybridized carbons (Fsp3) is 0.304. The summed E-state index contributed by atoms with van der Waals surface area (Å²) in [5, 5.41) is 4.01. The van der Waals surface area contributed by atoms with Gasteiger partial charge in [0.2, 0.25) is 5.91 Å². The van der Waals surface area contributed by atoms with Crippen LogP contribution in [0.1, 0.15) is 25.3 Å². The van der Waals surface area contributed by atoms with Crippen LogP contribution >= 0.6 is 0 Å². The van der Waals surface area contributed by atoms with Crippen molar-refractivity contribution in [1.82, 2.24) is 5.32 Å². The summed E-state index contributed by atoms with van der Waals surface area (Å²) in [7, 11) is 0. The second kappa shape index (κ2) is 7.89. The third kappa shape index (κ3) is 3.79. The molecule has 1 N–H and O–H groups in total. The summed E-state index contributed by atoms with van der Waals surface area (Å²) >= 11 is 0. The van der Waals surface area contributed by atoms with Crippen molar-refractivity contribution in [2.45, 2.75) is 38.3 Å². The van der Waals surface area contributed by atoms with E-state index in [0.717, 1.165) is 36.9 Å². The van der Waals surface area contributed by atoms with Crippen LogP contribution in [0, 0.1) is 0 Å². The fourth-order valence-corrected chi connectivity index (χ4v) is 4.02. The monoisotopic (exact) mass is 376 g/mol. The van der Waals surface area contributed by atoms with Gasteiger partial charge in [-0.1, -0.05) is 42.5 Å². The molecule has 4 rings (SSSR count). The van der Waals surface area contributed by atoms with E-state index in [9.17, 15) is 9.59 Å². The van der Waals surface area contributed by atoms with Crippen LogP contribution in [0.5, 0.6) is 0 Å². The van der Waals surface area contributed by atoms with E-state index in [1.165, 1.54) is 11.6 Å². The average Bonchev–Trinajstić information content (AvgIpc) is 3.18. The molecule has 0 bridgehead atoms. The molecule has 28 heavy (non-hydrogen) atoms. The molecule has 5 heteroatoms. The number of amides is 1. The lowest BCUT2D eigenvalue weighted by Gasteiger charge is -2.28. The summed E-state index contributed by atoms with van der Waals surface area (Å²) in [6, 6.07) is 18.9. The minimum absolute atomic E-state index is 0.0123. The Hall–Kier alpha value is -3.08. The van der Waals surface area contributed by atoms with Crippen LogP contribution in [0.4, 0.5) is 5.69 Å². The van der Waals surface area contributed by atoms with Gasteiger partial charge in [-0.3, -0.25) is 4.79 Å². The molecule has 1 aliphatic heterocycles. The lowest BCUT2D eigenvalue weighted by molar-refractivity contribution is -0.122. The number of hydrogen-bond donors (Lipinski definition) is 1. The van der Waals surface area contributed by atoms with E-state index in [1.807, 2.05) is 48.2 Å². The van der Waals surface area contributed by atoms with Crippen LogP contribution in [0.3, 0.4) is 0 Å². The van der Waals surface area contributed by atoms with Crippen molar-refractivity contribution in [1.29, 1.82) is 0 Å². The van der Waals surface area contributed by atoms with Crippen LogP contribution in [-0.2, 0) is 11.2 Å². The van der Waals surface area contributed by atoms with E-state index in [2.05, 4.69) is 17.4 Å². The number of carbonyl (C=O) groups excluding carboxylic acids is 1. The summed E-state index contributed by atoms with van der Waals surface area (Å²) < 4.78 is 5.31. The molecule has 2 aromatic carbocycles. The highest BCUT2D eigenvalue weighted by Crippen LogP contribution is 2.31. The molecule has 3 aromatic rings.